The topological polar surface area (TPSA) is 12.0 Å². The van der Waals surface area contributed by atoms with E-state index in [1.54, 1.807) is 0 Å². The molecule has 0 radical (unpaired) electrons. The molecule has 0 aromatic heterocycles. The minimum Gasteiger partial charge on any atom is -0.310 e. The van der Waals surface area contributed by atoms with E-state index < -0.39 is 0 Å². The van der Waals surface area contributed by atoms with Gasteiger partial charge < -0.3 is 5.32 Å². The third-order valence-corrected chi connectivity index (χ3v) is 4.43. The van der Waals surface area contributed by atoms with Gasteiger partial charge in [0.25, 0.3) is 0 Å². The third kappa shape index (κ3) is 4.62. The number of hydrogen-bond acceptors (Lipinski definition) is 1. The molecule has 0 saturated heterocycles. The highest BCUT2D eigenvalue weighted by molar-refractivity contribution is 9.10. The lowest BCUT2D eigenvalue weighted by atomic mass is 10.1. The van der Waals surface area contributed by atoms with Crippen molar-refractivity contribution < 1.29 is 0 Å². The van der Waals surface area contributed by atoms with Gasteiger partial charge in [-0.15, -0.1) is 0 Å². The maximum atomic E-state index is 6.01. The predicted molar refractivity (Wildman–Crippen MR) is 90.3 cm³/mol. The molecule has 2 aromatic carbocycles. The van der Waals surface area contributed by atoms with Crippen LogP contribution in [-0.4, -0.2) is 6.04 Å². The molecule has 2 rings (SSSR count). The lowest BCUT2D eigenvalue weighted by Crippen LogP contribution is -2.27. The molecule has 0 amide bonds. The molecule has 0 aliphatic carbocycles. The average molecular weight is 353 g/mol. The van der Waals surface area contributed by atoms with Crippen molar-refractivity contribution in [3.05, 3.63) is 68.7 Å². The van der Waals surface area contributed by atoms with E-state index in [2.05, 4.69) is 59.4 Å². The fourth-order valence-electron chi connectivity index (χ4n) is 2.20. The molecular weight excluding hydrogens is 334 g/mol. The van der Waals surface area contributed by atoms with Gasteiger partial charge in [-0.2, -0.15) is 0 Å². The van der Waals surface area contributed by atoms with Crippen molar-refractivity contribution >= 4 is 27.5 Å². The second kappa shape index (κ2) is 7.26. The van der Waals surface area contributed by atoms with Crippen molar-refractivity contribution in [2.45, 2.75) is 32.9 Å². The van der Waals surface area contributed by atoms with Gasteiger partial charge in [-0.1, -0.05) is 51.8 Å². The van der Waals surface area contributed by atoms with Gasteiger partial charge in [0.2, 0.25) is 0 Å². The lowest BCUT2D eigenvalue weighted by molar-refractivity contribution is 0.545. The highest BCUT2D eigenvalue weighted by Gasteiger charge is 2.04. The fraction of sp³-hybridized carbons (Fsp3) is 0.294. The van der Waals surface area contributed by atoms with Gasteiger partial charge >= 0.3 is 0 Å². The van der Waals surface area contributed by atoms with Gasteiger partial charge in [0, 0.05) is 22.1 Å². The zero-order chi connectivity index (χ0) is 14.5. The van der Waals surface area contributed by atoms with Crippen LogP contribution in [0.5, 0.6) is 0 Å². The van der Waals surface area contributed by atoms with Crippen LogP contribution in [0, 0.1) is 6.92 Å². The smallest absolute Gasteiger partial charge is 0.0408 e. The molecule has 1 unspecified atom stereocenters. The number of rotatable bonds is 5. The summed E-state index contributed by atoms with van der Waals surface area (Å²) in [5, 5.41) is 4.36. The van der Waals surface area contributed by atoms with Gasteiger partial charge in [0.05, 0.1) is 0 Å². The van der Waals surface area contributed by atoms with Gasteiger partial charge in [0.15, 0.2) is 0 Å². The van der Waals surface area contributed by atoms with E-state index in [4.69, 9.17) is 11.6 Å². The van der Waals surface area contributed by atoms with E-state index in [0.29, 0.717) is 6.04 Å². The summed E-state index contributed by atoms with van der Waals surface area (Å²) in [7, 11) is 0. The molecule has 1 nitrogen and oxygen atoms in total. The van der Waals surface area contributed by atoms with Crippen molar-refractivity contribution in [3.8, 4) is 0 Å². The van der Waals surface area contributed by atoms with Crippen molar-refractivity contribution in [1.82, 2.24) is 5.32 Å². The zero-order valence-electron chi connectivity index (χ0n) is 11.8. The number of hydrogen-bond donors (Lipinski definition) is 1. The average Bonchev–Trinajstić information content (AvgIpc) is 2.40. The third-order valence-electron chi connectivity index (χ3n) is 3.31. The number of benzene rings is 2. The Morgan fingerprint density at radius 3 is 2.65 bits per heavy atom. The number of aryl methyl sites for hydroxylation is 1. The van der Waals surface area contributed by atoms with E-state index >= 15 is 0 Å². The Morgan fingerprint density at radius 1 is 1.15 bits per heavy atom. The summed E-state index contributed by atoms with van der Waals surface area (Å²) < 4.78 is 1.16. The van der Waals surface area contributed by atoms with E-state index in [9.17, 15) is 0 Å². The molecule has 1 atom stereocenters. The number of halogens is 2. The van der Waals surface area contributed by atoms with Gasteiger partial charge in [0.1, 0.15) is 0 Å². The molecule has 0 bridgehead atoms. The van der Waals surface area contributed by atoms with Gasteiger partial charge in [-0.05, 0) is 55.2 Å². The molecule has 1 N–H and O–H groups in total. The van der Waals surface area contributed by atoms with E-state index in [1.165, 1.54) is 16.7 Å². The summed E-state index contributed by atoms with van der Waals surface area (Å²) in [6.07, 6.45) is 0.982. The van der Waals surface area contributed by atoms with Gasteiger partial charge in [-0.25, -0.2) is 0 Å². The molecule has 0 aliphatic rings. The Morgan fingerprint density at radius 2 is 1.95 bits per heavy atom. The summed E-state index contributed by atoms with van der Waals surface area (Å²) in [4.78, 5) is 0. The Labute approximate surface area is 134 Å². The van der Waals surface area contributed by atoms with E-state index in [1.807, 2.05) is 18.2 Å². The van der Waals surface area contributed by atoms with Gasteiger partial charge in [-0.3, -0.25) is 0 Å². The van der Waals surface area contributed by atoms with Crippen molar-refractivity contribution in [2.24, 2.45) is 0 Å². The maximum absolute atomic E-state index is 6.01. The van der Waals surface area contributed by atoms with Crippen LogP contribution in [-0.2, 0) is 13.0 Å². The van der Waals surface area contributed by atoms with E-state index in [-0.39, 0.29) is 0 Å². The molecule has 0 heterocycles. The second-order valence-electron chi connectivity index (χ2n) is 5.20. The van der Waals surface area contributed by atoms with Crippen LogP contribution in [0.2, 0.25) is 5.02 Å². The molecule has 3 heteroatoms. The number of nitrogens with one attached hydrogen (secondary N) is 1. The van der Waals surface area contributed by atoms with Crippen LogP contribution in [0.25, 0.3) is 0 Å². The molecule has 0 spiro atoms. The summed E-state index contributed by atoms with van der Waals surface area (Å²) in [5.41, 5.74) is 3.85. The Balaban J connectivity index is 1.88. The van der Waals surface area contributed by atoms with Crippen molar-refractivity contribution in [2.75, 3.05) is 0 Å². The second-order valence-corrected chi connectivity index (χ2v) is 6.49. The normalized spacial score (nSPS) is 12.4. The summed E-state index contributed by atoms with van der Waals surface area (Å²) in [5.74, 6) is 0. The fourth-order valence-corrected chi connectivity index (χ4v) is 2.66. The standard InChI is InChI=1S/C17H19BrClN/c1-12-8-15(6-7-17(12)18)11-20-13(2)9-14-4-3-5-16(19)10-14/h3-8,10,13,20H,9,11H2,1-2H3. The summed E-state index contributed by atoms with van der Waals surface area (Å²) >= 11 is 9.54. The Kier molecular flexibility index (Phi) is 5.64. The van der Waals surface area contributed by atoms with Crippen LogP contribution >= 0.6 is 27.5 Å². The first-order chi connectivity index (χ1) is 9.54. The lowest BCUT2D eigenvalue weighted by Gasteiger charge is -2.14. The minimum atomic E-state index is 0.414. The predicted octanol–water partition coefficient (Wildman–Crippen LogP) is 5.13. The molecule has 20 heavy (non-hydrogen) atoms. The van der Waals surface area contributed by atoms with Crippen LogP contribution in [0.3, 0.4) is 0 Å². The molecule has 2 aromatic rings. The van der Waals surface area contributed by atoms with E-state index in [0.717, 1.165) is 22.5 Å². The Bertz CT molecular complexity index is 583. The monoisotopic (exact) mass is 351 g/mol. The first-order valence-corrected chi connectivity index (χ1v) is 7.94. The quantitative estimate of drug-likeness (QED) is 0.786. The first kappa shape index (κ1) is 15.6. The molecule has 106 valence electrons. The van der Waals surface area contributed by atoms with Crippen LogP contribution in [0.1, 0.15) is 23.6 Å². The van der Waals surface area contributed by atoms with Crippen LogP contribution in [0.4, 0.5) is 0 Å². The highest BCUT2D eigenvalue weighted by atomic mass is 79.9. The van der Waals surface area contributed by atoms with Crippen molar-refractivity contribution in [3.63, 3.8) is 0 Å². The molecule has 0 aliphatic heterocycles. The summed E-state index contributed by atoms with van der Waals surface area (Å²) in [6.45, 7) is 5.20. The summed E-state index contributed by atoms with van der Waals surface area (Å²) in [6, 6.07) is 14.9. The van der Waals surface area contributed by atoms with Crippen molar-refractivity contribution in [1.29, 1.82) is 0 Å². The van der Waals surface area contributed by atoms with Crippen LogP contribution in [0.15, 0.2) is 46.9 Å². The maximum Gasteiger partial charge on any atom is 0.0408 e. The highest BCUT2D eigenvalue weighted by Crippen LogP contribution is 2.17. The van der Waals surface area contributed by atoms with Crippen LogP contribution < -0.4 is 5.32 Å². The molecule has 0 fully saturated rings. The SMILES string of the molecule is Cc1cc(CNC(C)Cc2cccc(Cl)c2)ccc1Br. The Hall–Kier alpha value is -0.830. The first-order valence-electron chi connectivity index (χ1n) is 6.77. The largest absolute Gasteiger partial charge is 0.310 e. The zero-order valence-corrected chi connectivity index (χ0v) is 14.1. The molecule has 0 saturated carbocycles. The minimum absolute atomic E-state index is 0.414. The molecular formula is C17H19BrClN.